The Kier molecular flexibility index (Phi) is 4.09. The Balaban J connectivity index is 2.07. The van der Waals surface area contributed by atoms with E-state index >= 15 is 0 Å². The Morgan fingerprint density at radius 2 is 1.92 bits per heavy atom. The number of anilines is 1. The highest BCUT2D eigenvalue weighted by molar-refractivity contribution is 5.79. The van der Waals surface area contributed by atoms with Gasteiger partial charge in [-0.05, 0) is 26.2 Å². The molecule has 0 aliphatic carbocycles. The quantitative estimate of drug-likeness (QED) is 0.671. The molecule has 1 aromatic carbocycles. The smallest absolute Gasteiger partial charge is 0.365 e. The van der Waals surface area contributed by atoms with Crippen LogP contribution in [0.4, 0.5) is 18.9 Å². The van der Waals surface area contributed by atoms with E-state index in [0.29, 0.717) is 17.8 Å². The van der Waals surface area contributed by atoms with Crippen molar-refractivity contribution in [1.82, 2.24) is 14.6 Å². The standard InChI is InChI=1S/C19H18F3N4/c1-13-7-5-6-12-25(13)17-16(14-8-3-2-4-9-14)24-15-10-11-23-26(15)18(17)19(20,21)22/h2-4,8-10,13H,5-7,12H2,1H3. The largest absolute Gasteiger partial charge is 0.435 e. The van der Waals surface area contributed by atoms with Gasteiger partial charge < -0.3 is 4.90 Å². The second-order valence-corrected chi connectivity index (χ2v) is 6.60. The van der Waals surface area contributed by atoms with Crippen LogP contribution in [0, 0.1) is 6.20 Å². The maximum atomic E-state index is 14.1. The normalized spacial score (nSPS) is 18.5. The van der Waals surface area contributed by atoms with E-state index in [1.54, 1.807) is 24.3 Å². The number of fused-ring (bicyclic) bond motifs is 1. The Labute approximate surface area is 149 Å². The zero-order valence-corrected chi connectivity index (χ0v) is 14.3. The number of alkyl halides is 3. The number of rotatable bonds is 2. The third-order valence-corrected chi connectivity index (χ3v) is 4.86. The molecule has 4 nitrogen and oxygen atoms in total. The summed E-state index contributed by atoms with van der Waals surface area (Å²) in [5.74, 6) is 0. The summed E-state index contributed by atoms with van der Waals surface area (Å²) in [5, 5.41) is 3.78. The van der Waals surface area contributed by atoms with Gasteiger partial charge in [0.25, 0.3) is 0 Å². The number of benzene rings is 1. The first-order valence-corrected chi connectivity index (χ1v) is 8.66. The Morgan fingerprint density at radius 3 is 2.62 bits per heavy atom. The molecule has 1 fully saturated rings. The van der Waals surface area contributed by atoms with E-state index in [9.17, 15) is 13.2 Å². The lowest BCUT2D eigenvalue weighted by Crippen LogP contribution is -2.40. The number of piperidine rings is 1. The van der Waals surface area contributed by atoms with Crippen molar-refractivity contribution >= 4 is 11.3 Å². The van der Waals surface area contributed by atoms with Gasteiger partial charge in [0.15, 0.2) is 11.3 Å². The first-order valence-electron chi connectivity index (χ1n) is 8.66. The van der Waals surface area contributed by atoms with Crippen molar-refractivity contribution in [2.75, 3.05) is 11.4 Å². The van der Waals surface area contributed by atoms with Crippen molar-refractivity contribution in [3.63, 3.8) is 0 Å². The van der Waals surface area contributed by atoms with Gasteiger partial charge in [-0.15, -0.1) is 0 Å². The summed E-state index contributed by atoms with van der Waals surface area (Å²) in [6, 6.07) is 10.4. The van der Waals surface area contributed by atoms with Crippen LogP contribution in [0.3, 0.4) is 0 Å². The van der Waals surface area contributed by atoms with Gasteiger partial charge in [-0.1, -0.05) is 30.3 Å². The summed E-state index contributed by atoms with van der Waals surface area (Å²) >= 11 is 0. The highest BCUT2D eigenvalue weighted by Crippen LogP contribution is 2.43. The van der Waals surface area contributed by atoms with Gasteiger partial charge in [0, 0.05) is 24.2 Å². The van der Waals surface area contributed by atoms with Crippen molar-refractivity contribution in [1.29, 1.82) is 0 Å². The number of hydrogen-bond donors (Lipinski definition) is 0. The molecular weight excluding hydrogens is 341 g/mol. The molecule has 0 bridgehead atoms. The summed E-state index contributed by atoms with van der Waals surface area (Å²) in [6.07, 6.45) is 0.679. The van der Waals surface area contributed by atoms with Crippen LogP contribution in [0.2, 0.25) is 0 Å². The van der Waals surface area contributed by atoms with Gasteiger partial charge in [-0.3, -0.25) is 0 Å². The highest BCUT2D eigenvalue weighted by Gasteiger charge is 2.41. The van der Waals surface area contributed by atoms with Gasteiger partial charge >= 0.3 is 6.18 Å². The van der Waals surface area contributed by atoms with Crippen LogP contribution in [0.1, 0.15) is 31.9 Å². The summed E-state index contributed by atoms with van der Waals surface area (Å²) in [5.41, 5.74) is 0.476. The number of halogens is 3. The van der Waals surface area contributed by atoms with Crippen LogP contribution in [0.15, 0.2) is 36.4 Å². The minimum absolute atomic E-state index is 0.00565. The maximum absolute atomic E-state index is 14.1. The van der Waals surface area contributed by atoms with Gasteiger partial charge in [-0.25, -0.2) is 9.50 Å². The molecule has 0 saturated carbocycles. The number of nitrogens with zero attached hydrogens (tertiary/aromatic N) is 4. The van der Waals surface area contributed by atoms with Gasteiger partial charge in [0.1, 0.15) is 6.20 Å². The first-order chi connectivity index (χ1) is 12.5. The van der Waals surface area contributed by atoms with E-state index in [4.69, 9.17) is 0 Å². The molecule has 3 aromatic rings. The molecule has 1 radical (unpaired) electrons. The second-order valence-electron chi connectivity index (χ2n) is 6.60. The minimum Gasteiger partial charge on any atom is -0.365 e. The molecule has 4 rings (SSSR count). The molecule has 3 heterocycles. The molecular formula is C19H18F3N4. The molecule has 135 valence electrons. The average Bonchev–Trinajstić information content (AvgIpc) is 3.08. The monoisotopic (exact) mass is 359 g/mol. The van der Waals surface area contributed by atoms with Crippen molar-refractivity contribution in [3.05, 3.63) is 48.3 Å². The van der Waals surface area contributed by atoms with Crippen LogP contribution in [0.25, 0.3) is 16.9 Å². The molecule has 1 aliphatic rings. The highest BCUT2D eigenvalue weighted by atomic mass is 19.4. The lowest BCUT2D eigenvalue weighted by atomic mass is 10.00. The van der Waals surface area contributed by atoms with Crippen LogP contribution >= 0.6 is 0 Å². The third kappa shape index (κ3) is 2.81. The average molecular weight is 359 g/mol. The van der Waals surface area contributed by atoms with Crippen LogP contribution < -0.4 is 4.90 Å². The summed E-state index contributed by atoms with van der Waals surface area (Å²) < 4.78 is 43.2. The molecule has 7 heteroatoms. The Hall–Kier alpha value is -2.57. The SMILES string of the molecule is CC1CCCCN1c1c(-c2ccccc2)nc2c[c]nn2c1C(F)(F)F. The zero-order chi connectivity index (χ0) is 18.3. The Bertz CT molecular complexity index is 918. The lowest BCUT2D eigenvalue weighted by molar-refractivity contribution is -0.142. The second kappa shape index (κ2) is 6.30. The molecule has 0 spiro atoms. The van der Waals surface area contributed by atoms with Gasteiger partial charge in [0.2, 0.25) is 0 Å². The van der Waals surface area contributed by atoms with Crippen LogP contribution in [0.5, 0.6) is 0 Å². The zero-order valence-electron chi connectivity index (χ0n) is 14.3. The Morgan fingerprint density at radius 1 is 1.15 bits per heavy atom. The summed E-state index contributed by atoms with van der Waals surface area (Å²) in [4.78, 5) is 6.35. The van der Waals surface area contributed by atoms with Gasteiger partial charge in [0.05, 0.1) is 11.4 Å². The van der Waals surface area contributed by atoms with Crippen LogP contribution in [-0.4, -0.2) is 27.2 Å². The molecule has 0 N–H and O–H groups in total. The predicted octanol–water partition coefficient (Wildman–Crippen LogP) is 4.59. The van der Waals surface area contributed by atoms with Crippen molar-refractivity contribution < 1.29 is 13.2 Å². The molecule has 1 unspecified atom stereocenters. The predicted molar refractivity (Wildman–Crippen MR) is 92.9 cm³/mol. The van der Waals surface area contributed by atoms with E-state index in [0.717, 1.165) is 23.8 Å². The molecule has 26 heavy (non-hydrogen) atoms. The molecule has 1 saturated heterocycles. The lowest BCUT2D eigenvalue weighted by Gasteiger charge is -2.37. The number of hydrogen-bond acceptors (Lipinski definition) is 3. The van der Waals surface area contributed by atoms with E-state index in [1.807, 2.05) is 17.9 Å². The molecule has 0 amide bonds. The van der Waals surface area contributed by atoms with E-state index in [1.165, 1.54) is 6.07 Å². The molecule has 1 aliphatic heterocycles. The topological polar surface area (TPSA) is 33.4 Å². The fourth-order valence-corrected chi connectivity index (χ4v) is 3.63. The summed E-state index contributed by atoms with van der Waals surface area (Å²) in [7, 11) is 0. The minimum atomic E-state index is -4.56. The molecule has 2 aromatic heterocycles. The van der Waals surface area contributed by atoms with Crippen molar-refractivity contribution in [2.24, 2.45) is 0 Å². The fourth-order valence-electron chi connectivity index (χ4n) is 3.63. The van der Waals surface area contributed by atoms with Crippen molar-refractivity contribution in [3.8, 4) is 11.3 Å². The van der Waals surface area contributed by atoms with Gasteiger partial charge in [-0.2, -0.15) is 18.3 Å². The first kappa shape index (κ1) is 16.9. The molecule has 1 atom stereocenters. The maximum Gasteiger partial charge on any atom is 0.435 e. The van der Waals surface area contributed by atoms with Crippen LogP contribution in [-0.2, 0) is 6.18 Å². The van der Waals surface area contributed by atoms with E-state index in [-0.39, 0.29) is 17.4 Å². The fraction of sp³-hybridized carbons (Fsp3) is 0.368. The van der Waals surface area contributed by atoms with E-state index in [2.05, 4.69) is 16.3 Å². The summed E-state index contributed by atoms with van der Waals surface area (Å²) in [6.45, 7) is 2.54. The number of aromatic nitrogens is 3. The van der Waals surface area contributed by atoms with Crippen molar-refractivity contribution in [2.45, 2.75) is 38.4 Å². The van der Waals surface area contributed by atoms with E-state index < -0.39 is 11.9 Å². The third-order valence-electron chi connectivity index (χ3n) is 4.86.